The van der Waals surface area contributed by atoms with E-state index < -0.39 is 0 Å². The summed E-state index contributed by atoms with van der Waals surface area (Å²) in [4.78, 5) is 0. The quantitative estimate of drug-likeness (QED) is 0.180. The van der Waals surface area contributed by atoms with Crippen LogP contribution < -0.4 is 0 Å². The highest BCUT2D eigenvalue weighted by Crippen LogP contribution is 2.43. The summed E-state index contributed by atoms with van der Waals surface area (Å²) in [5, 5.41) is 19.8. The van der Waals surface area contributed by atoms with E-state index in [4.69, 9.17) is 10.2 Å². The minimum atomic E-state index is 0.761. The van der Waals surface area contributed by atoms with E-state index in [1.54, 1.807) is 0 Å². The van der Waals surface area contributed by atoms with E-state index in [9.17, 15) is 0 Å². The SMILES string of the molecule is c1ccc(-n2c3ccccc3c3ccc4c5ccccc5n(-c5ccc(-n6c7ccccc7c7ccc8c9ccccc9n(-c9ccccc9)c8c76)nn5)c4c32)cc1. The van der Waals surface area contributed by atoms with Gasteiger partial charge in [-0.1, -0.05) is 133 Å². The third-order valence-electron chi connectivity index (χ3n) is 12.1. The molecule has 13 aromatic rings. The standard InChI is InChI=1S/C52H32N6/c1-3-15-33(16-4-1)55-43-23-11-7-19-35(43)39-27-29-41-37-21-9-13-25-45(37)57(51(41)49(39)55)47-31-32-48(54-53-47)58-46-26-14-10-22-38(46)42-30-28-40-36-20-8-12-24-44(36)56(50(40)52(42)58)34-17-5-2-6-18-34/h1-32H. The van der Waals surface area contributed by atoms with Gasteiger partial charge in [0.05, 0.1) is 44.1 Å². The number of rotatable bonds is 4. The number of aromatic nitrogens is 6. The molecule has 5 aromatic heterocycles. The maximum absolute atomic E-state index is 5.13. The Hall–Kier alpha value is -7.96. The van der Waals surface area contributed by atoms with Crippen LogP contribution >= 0.6 is 0 Å². The van der Waals surface area contributed by atoms with Gasteiger partial charge in [0, 0.05) is 54.5 Å². The molecule has 0 unspecified atom stereocenters. The van der Waals surface area contributed by atoms with E-state index in [1.807, 2.05) is 0 Å². The molecule has 0 aliphatic rings. The van der Waals surface area contributed by atoms with Crippen molar-refractivity contribution in [2.24, 2.45) is 0 Å². The van der Waals surface area contributed by atoms with Gasteiger partial charge in [0.1, 0.15) is 0 Å². The zero-order valence-electron chi connectivity index (χ0n) is 31.2. The molecule has 0 N–H and O–H groups in total. The lowest BCUT2D eigenvalue weighted by Crippen LogP contribution is -2.05. The highest BCUT2D eigenvalue weighted by atomic mass is 15.3. The van der Waals surface area contributed by atoms with Gasteiger partial charge in [-0.15, -0.1) is 10.2 Å². The Bertz CT molecular complexity index is 3520. The van der Waals surface area contributed by atoms with Crippen molar-refractivity contribution < 1.29 is 0 Å². The zero-order chi connectivity index (χ0) is 37.9. The molecule has 0 saturated heterocycles. The molecule has 5 heterocycles. The first kappa shape index (κ1) is 31.3. The molecule has 0 bridgehead atoms. The van der Waals surface area contributed by atoms with Crippen LogP contribution in [0.4, 0.5) is 0 Å². The van der Waals surface area contributed by atoms with Gasteiger partial charge in [0.2, 0.25) is 0 Å². The lowest BCUT2D eigenvalue weighted by molar-refractivity contribution is 0.910. The summed E-state index contributed by atoms with van der Waals surface area (Å²) >= 11 is 0. The average Bonchev–Trinajstić information content (AvgIpc) is 4.02. The summed E-state index contributed by atoms with van der Waals surface area (Å²) < 4.78 is 9.41. The molecular weight excluding hydrogens is 709 g/mol. The molecule has 8 aromatic carbocycles. The molecule has 6 heteroatoms. The molecule has 0 aliphatic carbocycles. The van der Waals surface area contributed by atoms with Crippen LogP contribution in [0.1, 0.15) is 0 Å². The molecular formula is C52H32N6. The number of nitrogens with zero attached hydrogens (tertiary/aromatic N) is 6. The number of hydrogen-bond acceptors (Lipinski definition) is 2. The van der Waals surface area contributed by atoms with Crippen LogP contribution in [-0.2, 0) is 0 Å². The smallest absolute Gasteiger partial charge is 0.160 e. The number of para-hydroxylation sites is 6. The lowest BCUT2D eigenvalue weighted by atomic mass is 10.1. The van der Waals surface area contributed by atoms with Crippen molar-refractivity contribution in [2.75, 3.05) is 0 Å². The van der Waals surface area contributed by atoms with Gasteiger partial charge in [0.15, 0.2) is 11.6 Å². The van der Waals surface area contributed by atoms with Crippen LogP contribution in [0.3, 0.4) is 0 Å². The Balaban J connectivity index is 1.11. The first-order valence-electron chi connectivity index (χ1n) is 19.7. The van der Waals surface area contributed by atoms with E-state index >= 15 is 0 Å². The van der Waals surface area contributed by atoms with Gasteiger partial charge in [0.25, 0.3) is 0 Å². The minimum absolute atomic E-state index is 0.761. The second kappa shape index (κ2) is 11.8. The first-order valence-corrected chi connectivity index (χ1v) is 19.7. The fourth-order valence-electron chi connectivity index (χ4n) is 9.72. The number of hydrogen-bond donors (Lipinski definition) is 0. The van der Waals surface area contributed by atoms with Crippen molar-refractivity contribution in [2.45, 2.75) is 0 Å². The fourth-order valence-corrected chi connectivity index (χ4v) is 9.72. The van der Waals surface area contributed by atoms with Gasteiger partial charge < -0.3 is 9.13 Å². The Morgan fingerprint density at radius 3 is 0.828 bits per heavy atom. The Morgan fingerprint density at radius 1 is 0.224 bits per heavy atom. The number of fused-ring (bicyclic) bond motifs is 14. The predicted molar refractivity (Wildman–Crippen MR) is 239 cm³/mol. The van der Waals surface area contributed by atoms with Crippen molar-refractivity contribution in [3.63, 3.8) is 0 Å². The molecule has 58 heavy (non-hydrogen) atoms. The second-order valence-electron chi connectivity index (χ2n) is 15.0. The Kier molecular flexibility index (Phi) is 6.35. The van der Waals surface area contributed by atoms with Crippen molar-refractivity contribution >= 4 is 87.2 Å². The summed E-state index contributed by atoms with van der Waals surface area (Å²) in [5.74, 6) is 1.52. The summed E-state index contributed by atoms with van der Waals surface area (Å²) in [6.07, 6.45) is 0. The van der Waals surface area contributed by atoms with Crippen molar-refractivity contribution in [1.29, 1.82) is 0 Å². The summed E-state index contributed by atoms with van der Waals surface area (Å²) in [5.41, 5.74) is 11.2. The van der Waals surface area contributed by atoms with Crippen LogP contribution in [0.15, 0.2) is 194 Å². The zero-order valence-corrected chi connectivity index (χ0v) is 31.2. The highest BCUT2D eigenvalue weighted by molar-refractivity contribution is 6.25. The average molecular weight is 741 g/mol. The maximum atomic E-state index is 5.13. The molecule has 0 radical (unpaired) electrons. The van der Waals surface area contributed by atoms with Crippen molar-refractivity contribution in [1.82, 2.24) is 28.5 Å². The normalized spacial score (nSPS) is 12.1. The van der Waals surface area contributed by atoms with E-state index in [0.29, 0.717) is 0 Å². The highest BCUT2D eigenvalue weighted by Gasteiger charge is 2.24. The van der Waals surface area contributed by atoms with Crippen molar-refractivity contribution in [3.05, 3.63) is 194 Å². The predicted octanol–water partition coefficient (Wildman–Crippen LogP) is 12.9. The Morgan fingerprint density at radius 2 is 0.500 bits per heavy atom. The fraction of sp³-hybridized carbons (Fsp3) is 0. The van der Waals surface area contributed by atoms with Gasteiger partial charge >= 0.3 is 0 Å². The van der Waals surface area contributed by atoms with E-state index in [-0.39, 0.29) is 0 Å². The largest absolute Gasteiger partial charge is 0.307 e. The Labute approximate surface area is 331 Å². The molecule has 0 amide bonds. The minimum Gasteiger partial charge on any atom is -0.307 e. The monoisotopic (exact) mass is 740 g/mol. The topological polar surface area (TPSA) is 45.5 Å². The molecule has 6 nitrogen and oxygen atoms in total. The maximum Gasteiger partial charge on any atom is 0.160 e. The van der Waals surface area contributed by atoms with E-state index in [2.05, 4.69) is 212 Å². The summed E-state index contributed by atoms with van der Waals surface area (Å²) in [6, 6.07) is 69.4. The van der Waals surface area contributed by atoms with Gasteiger partial charge in [-0.05, 0) is 60.7 Å². The third-order valence-corrected chi connectivity index (χ3v) is 12.1. The van der Waals surface area contributed by atoms with Crippen molar-refractivity contribution in [3.8, 4) is 23.0 Å². The molecule has 0 atom stereocenters. The second-order valence-corrected chi connectivity index (χ2v) is 15.0. The van der Waals surface area contributed by atoms with Crippen LogP contribution in [0.2, 0.25) is 0 Å². The van der Waals surface area contributed by atoms with Gasteiger partial charge in [-0.2, -0.15) is 0 Å². The lowest BCUT2D eigenvalue weighted by Gasteiger charge is -2.13. The number of benzene rings is 8. The molecule has 0 aliphatic heterocycles. The van der Waals surface area contributed by atoms with Gasteiger partial charge in [-0.25, -0.2) is 0 Å². The summed E-state index contributed by atoms with van der Waals surface area (Å²) in [7, 11) is 0. The first-order chi connectivity index (χ1) is 28.8. The van der Waals surface area contributed by atoms with Crippen LogP contribution in [-0.4, -0.2) is 28.5 Å². The van der Waals surface area contributed by atoms with Crippen LogP contribution in [0.25, 0.3) is 110 Å². The van der Waals surface area contributed by atoms with E-state index in [0.717, 1.165) is 56.1 Å². The molecule has 0 saturated carbocycles. The van der Waals surface area contributed by atoms with E-state index in [1.165, 1.54) is 54.1 Å². The molecule has 0 fully saturated rings. The molecule has 0 spiro atoms. The molecule has 13 rings (SSSR count). The van der Waals surface area contributed by atoms with Crippen LogP contribution in [0.5, 0.6) is 0 Å². The molecule has 270 valence electrons. The third kappa shape index (κ3) is 4.15. The summed E-state index contributed by atoms with van der Waals surface area (Å²) in [6.45, 7) is 0. The van der Waals surface area contributed by atoms with Crippen LogP contribution in [0, 0.1) is 0 Å². The van der Waals surface area contributed by atoms with Gasteiger partial charge in [-0.3, -0.25) is 9.13 Å².